The van der Waals surface area contributed by atoms with E-state index in [1.165, 1.54) is 0 Å². The van der Waals surface area contributed by atoms with Crippen LogP contribution in [0.5, 0.6) is 0 Å². The van der Waals surface area contributed by atoms with E-state index in [-0.39, 0.29) is 29.6 Å². The van der Waals surface area contributed by atoms with Crippen LogP contribution < -0.4 is 0 Å². The predicted octanol–water partition coefficient (Wildman–Crippen LogP) is -3.86. The molecule has 1 aliphatic rings. The van der Waals surface area contributed by atoms with Gasteiger partial charge in [-0.05, 0) is 0 Å². The summed E-state index contributed by atoms with van der Waals surface area (Å²) in [6, 6.07) is 0. The summed E-state index contributed by atoms with van der Waals surface area (Å²) in [4.78, 5) is 52.4. The molecular weight excluding hydrogens is 428 g/mol. The zero-order valence-electron chi connectivity index (χ0n) is 12.3. The largest absolute Gasteiger partial charge is 0.470 e. The average Bonchev–Trinajstić information content (AvgIpc) is 2.32. The van der Waals surface area contributed by atoms with Crippen molar-refractivity contribution < 1.29 is 71.9 Å². The van der Waals surface area contributed by atoms with Crippen LogP contribution in [0.4, 0.5) is 0 Å². The Bertz CT molecular complexity index is 580. The molecule has 6 atom stereocenters. The van der Waals surface area contributed by atoms with E-state index < -0.39 is 60.1 Å². The van der Waals surface area contributed by atoms with Crippen LogP contribution in [0, 0.1) is 0 Å². The zero-order chi connectivity index (χ0) is 19.1. The van der Waals surface area contributed by atoms with Gasteiger partial charge in [-0.15, -0.1) is 0 Å². The van der Waals surface area contributed by atoms with E-state index in [1.807, 2.05) is 0 Å². The number of hydrogen-bond donors (Lipinski definition) is 9. The van der Waals surface area contributed by atoms with Gasteiger partial charge in [0.1, 0.15) is 36.6 Å². The minimum atomic E-state index is -5.43. The quantitative estimate of drug-likeness (QED) is 0.140. The van der Waals surface area contributed by atoms with Crippen molar-refractivity contribution in [3.8, 4) is 0 Å². The molecule has 0 aromatic carbocycles. The Hall–Kier alpha value is 1.21. The van der Waals surface area contributed by atoms with Gasteiger partial charge >= 0.3 is 23.5 Å². The maximum atomic E-state index is 10.9. The van der Waals surface area contributed by atoms with Gasteiger partial charge < -0.3 is 44.7 Å². The third kappa shape index (κ3) is 8.40. The van der Waals surface area contributed by atoms with Gasteiger partial charge in [0.2, 0.25) is 0 Å². The Kier molecular flexibility index (Phi) is 9.58. The molecule has 145 valence electrons. The van der Waals surface area contributed by atoms with E-state index in [2.05, 4.69) is 13.6 Å². The molecular formula is C6H15NaO15P3. The molecule has 19 heteroatoms. The predicted molar refractivity (Wildman–Crippen MR) is 74.5 cm³/mol. The summed E-state index contributed by atoms with van der Waals surface area (Å²) in [5.41, 5.74) is 0. The first-order valence-corrected chi connectivity index (χ1v) is 10.4. The van der Waals surface area contributed by atoms with Crippen molar-refractivity contribution >= 4 is 53.0 Å². The van der Waals surface area contributed by atoms with Crippen molar-refractivity contribution in [3.63, 3.8) is 0 Å². The summed E-state index contributed by atoms with van der Waals surface area (Å²) in [5, 5.41) is 29.3. The molecule has 0 amide bonds. The fourth-order valence-electron chi connectivity index (χ4n) is 2.01. The molecule has 9 N–H and O–H groups in total. The Labute approximate surface area is 161 Å². The van der Waals surface area contributed by atoms with Gasteiger partial charge in [0.25, 0.3) is 0 Å². The number of phosphoric ester groups is 3. The Balaban J connectivity index is 0.00000576. The molecule has 0 bridgehead atoms. The SMILES string of the molecule is O=P(O)(O)O[C@@H]1[C@@H](O)[C@@H](O)[C@@H](OP(=O)(O)O)[C@H](OP(=O)(O)O)[C@H]1O.[Na]. The monoisotopic (exact) mass is 443 g/mol. The molecule has 0 saturated heterocycles. The minimum Gasteiger partial charge on any atom is -0.387 e. The van der Waals surface area contributed by atoms with E-state index in [1.54, 1.807) is 0 Å². The molecule has 0 aliphatic heterocycles. The van der Waals surface area contributed by atoms with Crippen molar-refractivity contribution in [1.82, 2.24) is 0 Å². The molecule has 1 saturated carbocycles. The van der Waals surface area contributed by atoms with Crippen LogP contribution in [0.3, 0.4) is 0 Å². The van der Waals surface area contributed by atoms with Crippen LogP contribution >= 0.6 is 23.5 Å². The number of aliphatic hydroxyl groups excluding tert-OH is 3. The van der Waals surface area contributed by atoms with E-state index in [4.69, 9.17) is 29.4 Å². The summed E-state index contributed by atoms with van der Waals surface area (Å²) < 4.78 is 44.7. The fraction of sp³-hybridized carbons (Fsp3) is 1.00. The molecule has 25 heavy (non-hydrogen) atoms. The van der Waals surface area contributed by atoms with Gasteiger partial charge in [-0.1, -0.05) is 0 Å². The second kappa shape index (κ2) is 9.14. The molecule has 0 unspecified atom stereocenters. The average molecular weight is 443 g/mol. The van der Waals surface area contributed by atoms with Crippen molar-refractivity contribution in [3.05, 3.63) is 0 Å². The fourth-order valence-corrected chi connectivity index (χ4v) is 3.70. The number of hydrogen-bond acceptors (Lipinski definition) is 9. The first-order chi connectivity index (χ1) is 10.5. The van der Waals surface area contributed by atoms with E-state index in [9.17, 15) is 29.0 Å². The van der Waals surface area contributed by atoms with Crippen LogP contribution in [-0.2, 0) is 27.3 Å². The Morgan fingerprint density at radius 1 is 0.520 bits per heavy atom. The third-order valence-corrected chi connectivity index (χ3v) is 4.35. The normalized spacial score (nSPS) is 34.4. The third-order valence-electron chi connectivity index (χ3n) is 2.80. The second-order valence-corrected chi connectivity index (χ2v) is 8.23. The van der Waals surface area contributed by atoms with E-state index in [0.717, 1.165) is 0 Å². The van der Waals surface area contributed by atoms with Crippen LogP contribution in [0.1, 0.15) is 0 Å². The smallest absolute Gasteiger partial charge is 0.387 e. The van der Waals surface area contributed by atoms with Gasteiger partial charge in [-0.3, -0.25) is 13.6 Å². The molecule has 1 aliphatic carbocycles. The van der Waals surface area contributed by atoms with Crippen LogP contribution in [0.15, 0.2) is 0 Å². The molecule has 0 heterocycles. The molecule has 0 aromatic rings. The molecule has 15 nitrogen and oxygen atoms in total. The van der Waals surface area contributed by atoms with Gasteiger partial charge in [0.15, 0.2) is 0 Å². The van der Waals surface area contributed by atoms with Gasteiger partial charge in [-0.25, -0.2) is 13.7 Å². The van der Waals surface area contributed by atoms with Crippen LogP contribution in [0.2, 0.25) is 0 Å². The molecule has 1 rings (SSSR count). The zero-order valence-corrected chi connectivity index (χ0v) is 17.0. The van der Waals surface area contributed by atoms with Crippen LogP contribution in [0.25, 0.3) is 0 Å². The summed E-state index contributed by atoms with van der Waals surface area (Å²) >= 11 is 0. The number of rotatable bonds is 6. The Morgan fingerprint density at radius 3 is 1.08 bits per heavy atom. The topological polar surface area (TPSA) is 261 Å². The van der Waals surface area contributed by atoms with Gasteiger partial charge in [0.05, 0.1) is 0 Å². The standard InChI is InChI=1S/C6H15O15P3.Na/c7-1-2(8)5(20-23(13,14)15)6(21-24(16,17)18)3(9)4(1)19-22(10,11)12;/h1-9H,(H2,10,11,12)(H2,13,14,15)(H2,16,17,18);/t1-,2+,3-,4+,5+,6+;/m0./s1. The Morgan fingerprint density at radius 2 is 0.760 bits per heavy atom. The summed E-state index contributed by atoms with van der Waals surface area (Å²) in [7, 11) is -16.2. The summed E-state index contributed by atoms with van der Waals surface area (Å²) in [5.74, 6) is 0. The van der Waals surface area contributed by atoms with Crippen molar-refractivity contribution in [2.45, 2.75) is 36.6 Å². The second-order valence-electron chi connectivity index (χ2n) is 4.65. The van der Waals surface area contributed by atoms with Crippen LogP contribution in [-0.4, -0.2) is 111 Å². The van der Waals surface area contributed by atoms with E-state index >= 15 is 0 Å². The van der Waals surface area contributed by atoms with Crippen molar-refractivity contribution in [1.29, 1.82) is 0 Å². The van der Waals surface area contributed by atoms with E-state index in [0.29, 0.717) is 0 Å². The van der Waals surface area contributed by atoms with Crippen molar-refractivity contribution in [2.24, 2.45) is 0 Å². The number of aliphatic hydroxyl groups is 3. The summed E-state index contributed by atoms with van der Waals surface area (Å²) in [6.45, 7) is 0. The molecule has 1 fully saturated rings. The minimum absolute atomic E-state index is 0. The summed E-state index contributed by atoms with van der Waals surface area (Å²) in [6.07, 6.45) is -14.3. The molecule has 0 aromatic heterocycles. The maximum Gasteiger partial charge on any atom is 0.470 e. The van der Waals surface area contributed by atoms with Crippen molar-refractivity contribution in [2.75, 3.05) is 0 Å². The van der Waals surface area contributed by atoms with Gasteiger partial charge in [0, 0.05) is 29.6 Å². The first-order valence-electron chi connectivity index (χ1n) is 5.78. The molecule has 1 radical (unpaired) electrons. The van der Waals surface area contributed by atoms with Gasteiger partial charge in [-0.2, -0.15) is 0 Å². The number of phosphoric acid groups is 3. The molecule has 0 spiro atoms. The first kappa shape index (κ1) is 26.2. The maximum absolute atomic E-state index is 10.9.